The van der Waals surface area contributed by atoms with Crippen LogP contribution in [-0.4, -0.2) is 36.0 Å². The number of carbonyl (C=O) groups excluding carboxylic acids is 1. The summed E-state index contributed by atoms with van der Waals surface area (Å²) in [6.45, 7) is 4.13. The van der Waals surface area contributed by atoms with Crippen LogP contribution in [0.4, 0.5) is 0 Å². The van der Waals surface area contributed by atoms with Gasteiger partial charge in [0.15, 0.2) is 0 Å². The molecule has 0 saturated carbocycles. The number of nitrogens with one attached hydrogen (secondary N) is 1. The Hall–Kier alpha value is -1.06. The Kier molecular flexibility index (Phi) is 5.65. The molecule has 2 aliphatic rings. The van der Waals surface area contributed by atoms with Gasteiger partial charge >= 0.3 is 0 Å². The number of halogens is 1. The maximum absolute atomic E-state index is 13.0. The van der Waals surface area contributed by atoms with Crippen LogP contribution in [0.3, 0.4) is 0 Å². The fourth-order valence-corrected chi connectivity index (χ4v) is 3.76. The zero-order valence-corrected chi connectivity index (χ0v) is 13.4. The van der Waals surface area contributed by atoms with Crippen LogP contribution in [0, 0.1) is 0 Å². The molecule has 1 aromatic carbocycles. The van der Waals surface area contributed by atoms with Crippen molar-refractivity contribution in [2.75, 3.05) is 13.1 Å². The van der Waals surface area contributed by atoms with Gasteiger partial charge in [0.1, 0.15) is 0 Å². The first-order chi connectivity index (χ1) is 9.81. The molecule has 3 atom stereocenters. The van der Waals surface area contributed by atoms with Gasteiger partial charge in [0, 0.05) is 18.6 Å². The summed E-state index contributed by atoms with van der Waals surface area (Å²) in [6.07, 6.45) is 4.33. The lowest BCUT2D eigenvalue weighted by atomic mass is 9.94. The zero-order chi connectivity index (χ0) is 13.9. The van der Waals surface area contributed by atoms with Gasteiger partial charge < -0.3 is 10.2 Å². The molecule has 21 heavy (non-hydrogen) atoms. The third kappa shape index (κ3) is 3.24. The first-order valence-corrected chi connectivity index (χ1v) is 7.89. The van der Waals surface area contributed by atoms with Gasteiger partial charge in [-0.1, -0.05) is 37.3 Å². The summed E-state index contributed by atoms with van der Waals surface area (Å²) in [5.74, 6) is 0.368. The van der Waals surface area contributed by atoms with Crippen molar-refractivity contribution < 1.29 is 4.79 Å². The highest BCUT2D eigenvalue weighted by molar-refractivity contribution is 5.85. The van der Waals surface area contributed by atoms with Gasteiger partial charge in [-0.2, -0.15) is 0 Å². The minimum absolute atomic E-state index is 0. The van der Waals surface area contributed by atoms with E-state index in [1.807, 2.05) is 18.2 Å². The maximum atomic E-state index is 13.0. The molecule has 2 aliphatic heterocycles. The molecule has 3 unspecified atom stereocenters. The molecule has 3 rings (SSSR count). The second-order valence-corrected chi connectivity index (χ2v) is 5.99. The van der Waals surface area contributed by atoms with Gasteiger partial charge in [0.25, 0.3) is 0 Å². The topological polar surface area (TPSA) is 32.3 Å². The summed E-state index contributed by atoms with van der Waals surface area (Å²) in [7, 11) is 0. The van der Waals surface area contributed by atoms with E-state index in [4.69, 9.17) is 0 Å². The molecule has 1 N–H and O–H groups in total. The molecule has 2 saturated heterocycles. The highest BCUT2D eigenvalue weighted by Crippen LogP contribution is 2.32. The van der Waals surface area contributed by atoms with E-state index >= 15 is 0 Å². The van der Waals surface area contributed by atoms with Crippen molar-refractivity contribution >= 4 is 18.3 Å². The SMILES string of the molecule is CCC(C(=O)N1C2CCNCC1CC2)c1ccccc1.Cl. The summed E-state index contributed by atoms with van der Waals surface area (Å²) < 4.78 is 0. The zero-order valence-electron chi connectivity index (χ0n) is 12.6. The quantitative estimate of drug-likeness (QED) is 0.931. The average Bonchev–Trinajstić information content (AvgIpc) is 2.74. The molecule has 2 fully saturated rings. The predicted molar refractivity (Wildman–Crippen MR) is 87.9 cm³/mol. The summed E-state index contributed by atoms with van der Waals surface area (Å²) >= 11 is 0. The Morgan fingerprint density at radius 1 is 1.24 bits per heavy atom. The minimum atomic E-state index is 0. The molecule has 0 aliphatic carbocycles. The van der Waals surface area contributed by atoms with Crippen LogP contribution in [0.25, 0.3) is 0 Å². The summed E-state index contributed by atoms with van der Waals surface area (Å²) in [5.41, 5.74) is 1.16. The van der Waals surface area contributed by atoms with Crippen LogP contribution >= 0.6 is 12.4 Å². The second-order valence-electron chi connectivity index (χ2n) is 5.99. The van der Waals surface area contributed by atoms with Gasteiger partial charge in [-0.05, 0) is 37.8 Å². The Balaban J connectivity index is 0.00000161. The van der Waals surface area contributed by atoms with E-state index in [0.29, 0.717) is 18.0 Å². The summed E-state index contributed by atoms with van der Waals surface area (Å²) in [4.78, 5) is 15.3. The van der Waals surface area contributed by atoms with Gasteiger partial charge in [-0.25, -0.2) is 0 Å². The van der Waals surface area contributed by atoms with E-state index in [1.54, 1.807) is 0 Å². The average molecular weight is 309 g/mol. The molecule has 3 nitrogen and oxygen atoms in total. The van der Waals surface area contributed by atoms with Crippen molar-refractivity contribution in [1.29, 1.82) is 0 Å². The van der Waals surface area contributed by atoms with Crippen LogP contribution in [0.15, 0.2) is 30.3 Å². The molecule has 2 bridgehead atoms. The van der Waals surface area contributed by atoms with Crippen molar-refractivity contribution in [2.24, 2.45) is 0 Å². The molecule has 0 spiro atoms. The van der Waals surface area contributed by atoms with Gasteiger partial charge in [-0.15, -0.1) is 12.4 Å². The number of hydrogen-bond acceptors (Lipinski definition) is 2. The fraction of sp³-hybridized carbons (Fsp3) is 0.588. The molecular formula is C17H25ClN2O. The van der Waals surface area contributed by atoms with E-state index < -0.39 is 0 Å². The fourth-order valence-electron chi connectivity index (χ4n) is 3.76. The van der Waals surface area contributed by atoms with E-state index in [0.717, 1.165) is 37.9 Å². The van der Waals surface area contributed by atoms with E-state index in [-0.39, 0.29) is 18.3 Å². The monoisotopic (exact) mass is 308 g/mol. The van der Waals surface area contributed by atoms with Crippen molar-refractivity contribution in [2.45, 2.75) is 50.6 Å². The summed E-state index contributed by atoms with van der Waals surface area (Å²) in [6, 6.07) is 11.1. The van der Waals surface area contributed by atoms with Crippen LogP contribution in [0.1, 0.15) is 44.1 Å². The minimum Gasteiger partial charge on any atom is -0.335 e. The normalized spacial score (nSPS) is 25.9. The Morgan fingerprint density at radius 3 is 2.67 bits per heavy atom. The number of hydrogen-bond donors (Lipinski definition) is 1. The first-order valence-electron chi connectivity index (χ1n) is 7.89. The van der Waals surface area contributed by atoms with Crippen LogP contribution in [-0.2, 0) is 4.79 Å². The molecule has 116 valence electrons. The van der Waals surface area contributed by atoms with Gasteiger partial charge in [0.2, 0.25) is 5.91 Å². The highest BCUT2D eigenvalue weighted by atomic mass is 35.5. The number of nitrogens with zero attached hydrogens (tertiary/aromatic N) is 1. The van der Waals surface area contributed by atoms with Crippen molar-refractivity contribution in [3.63, 3.8) is 0 Å². The van der Waals surface area contributed by atoms with Crippen molar-refractivity contribution in [3.8, 4) is 0 Å². The lowest BCUT2D eigenvalue weighted by Crippen LogP contribution is -2.44. The number of carbonyl (C=O) groups is 1. The standard InChI is InChI=1S/C17H24N2O.ClH/c1-2-16(13-6-4-3-5-7-13)17(20)19-14-8-9-15(19)12-18-11-10-14;/h3-7,14-16,18H,2,8-12H2,1H3;1H. The number of amides is 1. The number of rotatable bonds is 3. The van der Waals surface area contributed by atoms with E-state index in [2.05, 4.69) is 29.3 Å². The predicted octanol–water partition coefficient (Wildman–Crippen LogP) is 2.95. The third-order valence-corrected chi connectivity index (χ3v) is 4.82. The highest BCUT2D eigenvalue weighted by Gasteiger charge is 2.40. The van der Waals surface area contributed by atoms with Crippen molar-refractivity contribution in [1.82, 2.24) is 10.2 Å². The molecule has 2 heterocycles. The first kappa shape index (κ1) is 16.3. The van der Waals surface area contributed by atoms with Crippen molar-refractivity contribution in [3.05, 3.63) is 35.9 Å². The molecule has 1 amide bonds. The largest absolute Gasteiger partial charge is 0.335 e. The van der Waals surface area contributed by atoms with E-state index in [9.17, 15) is 4.79 Å². The van der Waals surface area contributed by atoms with Crippen LogP contribution < -0.4 is 5.32 Å². The van der Waals surface area contributed by atoms with Gasteiger partial charge in [0.05, 0.1) is 5.92 Å². The molecule has 4 heteroatoms. The van der Waals surface area contributed by atoms with Gasteiger partial charge in [-0.3, -0.25) is 4.79 Å². The Morgan fingerprint density at radius 2 is 1.95 bits per heavy atom. The number of fused-ring (bicyclic) bond motifs is 2. The lowest BCUT2D eigenvalue weighted by Gasteiger charge is -2.31. The molecule has 0 aromatic heterocycles. The number of benzene rings is 1. The maximum Gasteiger partial charge on any atom is 0.230 e. The Bertz CT molecular complexity index is 451. The molecule has 0 radical (unpaired) electrons. The molecule has 1 aromatic rings. The smallest absolute Gasteiger partial charge is 0.230 e. The second kappa shape index (κ2) is 7.28. The molecular weight excluding hydrogens is 284 g/mol. The summed E-state index contributed by atoms with van der Waals surface area (Å²) in [5, 5.41) is 3.47. The lowest BCUT2D eigenvalue weighted by molar-refractivity contribution is -0.135. The van der Waals surface area contributed by atoms with E-state index in [1.165, 1.54) is 6.42 Å². The van der Waals surface area contributed by atoms with Crippen LogP contribution in [0.5, 0.6) is 0 Å². The third-order valence-electron chi connectivity index (χ3n) is 4.82. The van der Waals surface area contributed by atoms with Crippen LogP contribution in [0.2, 0.25) is 0 Å². The Labute approximate surface area is 133 Å².